The highest BCUT2D eigenvalue weighted by Gasteiger charge is 2.05. The lowest BCUT2D eigenvalue weighted by molar-refractivity contribution is -0.137. The molecule has 0 radical (unpaired) electrons. The van der Waals surface area contributed by atoms with Gasteiger partial charge in [0, 0.05) is 5.56 Å². The van der Waals surface area contributed by atoms with Crippen molar-refractivity contribution in [2.45, 2.75) is 0 Å². The van der Waals surface area contributed by atoms with E-state index in [4.69, 9.17) is 5.26 Å². The minimum absolute atomic E-state index is 0.428. The molecule has 0 unspecified atom stereocenters. The van der Waals surface area contributed by atoms with Crippen molar-refractivity contribution >= 4 is 24.3 Å². The first-order valence-corrected chi connectivity index (χ1v) is 7.77. The number of hydrogen-bond donors (Lipinski definition) is 1. The van der Waals surface area contributed by atoms with Crippen molar-refractivity contribution in [3.63, 3.8) is 0 Å². The largest absolute Gasteiger partial charge is 0.340 e. The van der Waals surface area contributed by atoms with E-state index in [0.717, 1.165) is 22.3 Å². The van der Waals surface area contributed by atoms with Crippen LogP contribution in [-0.2, 0) is 0 Å². The van der Waals surface area contributed by atoms with Crippen LogP contribution in [0.15, 0.2) is 78.9 Å². The maximum Gasteiger partial charge on any atom is 0.172 e. The molecule has 0 bridgehead atoms. The quantitative estimate of drug-likeness (QED) is 0.362. The fourth-order valence-electron chi connectivity index (χ4n) is 2.46. The summed E-state index contributed by atoms with van der Waals surface area (Å²) in [6.45, 7) is 0. The molecule has 0 aliphatic rings. The zero-order chi connectivity index (χ0) is 16.6. The van der Waals surface area contributed by atoms with Crippen LogP contribution >= 0.6 is 0 Å². The second kappa shape index (κ2) is 7.95. The number of rotatable bonds is 5. The molecule has 2 heteroatoms. The standard InChI is InChI=1S/C22H18O2/c23-24-22-13-7-12-20(16-14-18-8-3-1-4-9-18)21(22)17-15-19-10-5-2-6-11-19/h1-17,23H. The van der Waals surface area contributed by atoms with Crippen molar-refractivity contribution in [1.82, 2.24) is 0 Å². The summed E-state index contributed by atoms with van der Waals surface area (Å²) in [7, 11) is 0. The van der Waals surface area contributed by atoms with Gasteiger partial charge >= 0.3 is 0 Å². The van der Waals surface area contributed by atoms with E-state index in [2.05, 4.69) is 4.89 Å². The van der Waals surface area contributed by atoms with Crippen LogP contribution in [0, 0.1) is 0 Å². The molecule has 0 saturated heterocycles. The van der Waals surface area contributed by atoms with E-state index < -0.39 is 0 Å². The van der Waals surface area contributed by atoms with Crippen LogP contribution in [0.25, 0.3) is 24.3 Å². The fourth-order valence-corrected chi connectivity index (χ4v) is 2.46. The lowest BCUT2D eigenvalue weighted by atomic mass is 10.0. The first-order valence-electron chi connectivity index (χ1n) is 7.77. The molecule has 0 atom stereocenters. The van der Waals surface area contributed by atoms with Crippen LogP contribution in [0.4, 0.5) is 0 Å². The van der Waals surface area contributed by atoms with Crippen molar-refractivity contribution in [2.24, 2.45) is 0 Å². The molecule has 0 fully saturated rings. The maximum absolute atomic E-state index is 9.17. The highest BCUT2D eigenvalue weighted by atomic mass is 17.1. The van der Waals surface area contributed by atoms with Gasteiger partial charge in [-0.15, -0.1) is 0 Å². The van der Waals surface area contributed by atoms with E-state index in [1.165, 1.54) is 0 Å². The Labute approximate surface area is 141 Å². The van der Waals surface area contributed by atoms with Gasteiger partial charge in [0.25, 0.3) is 0 Å². The van der Waals surface area contributed by atoms with Crippen LogP contribution in [-0.4, -0.2) is 5.26 Å². The van der Waals surface area contributed by atoms with Gasteiger partial charge < -0.3 is 4.89 Å². The molecule has 0 spiro atoms. The van der Waals surface area contributed by atoms with E-state index in [9.17, 15) is 0 Å². The lowest BCUT2D eigenvalue weighted by Crippen LogP contribution is -1.90. The van der Waals surface area contributed by atoms with Gasteiger partial charge in [0.15, 0.2) is 5.75 Å². The molecule has 0 amide bonds. The second-order valence-corrected chi connectivity index (χ2v) is 5.34. The molecule has 0 aromatic heterocycles. The molecule has 3 rings (SSSR count). The van der Waals surface area contributed by atoms with Gasteiger partial charge in [0.05, 0.1) is 0 Å². The monoisotopic (exact) mass is 314 g/mol. The molecule has 0 aliphatic heterocycles. The number of benzene rings is 3. The lowest BCUT2D eigenvalue weighted by Gasteiger charge is -2.06. The topological polar surface area (TPSA) is 29.5 Å². The molecule has 1 N–H and O–H groups in total. The molecule has 0 aliphatic carbocycles. The van der Waals surface area contributed by atoms with Crippen molar-refractivity contribution in [3.8, 4) is 5.75 Å². The molecule has 2 nitrogen and oxygen atoms in total. The summed E-state index contributed by atoms with van der Waals surface area (Å²) in [5.74, 6) is 0.428. The Balaban J connectivity index is 1.95. The third-order valence-corrected chi connectivity index (χ3v) is 3.70. The Morgan fingerprint density at radius 1 is 0.583 bits per heavy atom. The highest BCUT2D eigenvalue weighted by Crippen LogP contribution is 2.26. The van der Waals surface area contributed by atoms with Gasteiger partial charge in [-0.05, 0) is 28.8 Å². The molecular weight excluding hydrogens is 296 g/mol. The van der Waals surface area contributed by atoms with Crippen LogP contribution in [0.5, 0.6) is 5.75 Å². The van der Waals surface area contributed by atoms with Crippen molar-refractivity contribution in [2.75, 3.05) is 0 Å². The summed E-state index contributed by atoms with van der Waals surface area (Å²) in [6.07, 6.45) is 8.00. The summed E-state index contributed by atoms with van der Waals surface area (Å²) in [5.41, 5.74) is 4.00. The van der Waals surface area contributed by atoms with E-state index in [1.807, 2.05) is 97.1 Å². The average Bonchev–Trinajstić information content (AvgIpc) is 2.66. The molecule has 24 heavy (non-hydrogen) atoms. The first-order chi connectivity index (χ1) is 11.9. The second-order valence-electron chi connectivity index (χ2n) is 5.34. The minimum Gasteiger partial charge on any atom is -0.340 e. The minimum atomic E-state index is 0.428. The van der Waals surface area contributed by atoms with Crippen molar-refractivity contribution in [3.05, 3.63) is 101 Å². The van der Waals surface area contributed by atoms with Gasteiger partial charge in [0.1, 0.15) is 0 Å². The van der Waals surface area contributed by atoms with Gasteiger partial charge in [-0.3, -0.25) is 0 Å². The Kier molecular flexibility index (Phi) is 5.23. The van der Waals surface area contributed by atoms with Gasteiger partial charge in [-0.2, -0.15) is 0 Å². The zero-order valence-electron chi connectivity index (χ0n) is 13.2. The van der Waals surface area contributed by atoms with E-state index in [1.54, 1.807) is 6.07 Å². The van der Waals surface area contributed by atoms with E-state index in [0.29, 0.717) is 5.75 Å². The summed E-state index contributed by atoms with van der Waals surface area (Å²) >= 11 is 0. The summed E-state index contributed by atoms with van der Waals surface area (Å²) < 4.78 is 0. The Bertz CT molecular complexity index is 834. The summed E-state index contributed by atoms with van der Waals surface area (Å²) in [6, 6.07) is 25.7. The Hall–Kier alpha value is -3.10. The average molecular weight is 314 g/mol. The van der Waals surface area contributed by atoms with Crippen LogP contribution in [0.2, 0.25) is 0 Å². The molecular formula is C22H18O2. The normalized spacial score (nSPS) is 11.2. The Morgan fingerprint density at radius 3 is 1.75 bits per heavy atom. The van der Waals surface area contributed by atoms with Crippen molar-refractivity contribution < 1.29 is 10.1 Å². The molecule has 0 saturated carbocycles. The Morgan fingerprint density at radius 2 is 1.17 bits per heavy atom. The molecule has 0 heterocycles. The van der Waals surface area contributed by atoms with Crippen molar-refractivity contribution in [1.29, 1.82) is 0 Å². The summed E-state index contributed by atoms with van der Waals surface area (Å²) in [5, 5.41) is 9.17. The molecule has 118 valence electrons. The van der Waals surface area contributed by atoms with Crippen LogP contribution in [0.1, 0.15) is 22.3 Å². The third-order valence-electron chi connectivity index (χ3n) is 3.70. The summed E-state index contributed by atoms with van der Waals surface area (Å²) in [4.78, 5) is 4.54. The first kappa shape index (κ1) is 15.8. The predicted molar refractivity (Wildman–Crippen MR) is 100 cm³/mol. The molecule has 3 aromatic rings. The van der Waals surface area contributed by atoms with Gasteiger partial charge in [0.2, 0.25) is 0 Å². The zero-order valence-corrected chi connectivity index (χ0v) is 13.2. The van der Waals surface area contributed by atoms with Crippen LogP contribution in [0.3, 0.4) is 0 Å². The fraction of sp³-hybridized carbons (Fsp3) is 0. The smallest absolute Gasteiger partial charge is 0.172 e. The maximum atomic E-state index is 9.17. The van der Waals surface area contributed by atoms with Gasteiger partial charge in [-0.25, -0.2) is 5.26 Å². The predicted octanol–water partition coefficient (Wildman–Crippen LogP) is 5.88. The van der Waals surface area contributed by atoms with E-state index >= 15 is 0 Å². The number of hydrogen-bond acceptors (Lipinski definition) is 2. The third kappa shape index (κ3) is 4.00. The SMILES string of the molecule is OOc1cccc(C=Cc2ccccc2)c1C=Cc1ccccc1. The van der Waals surface area contributed by atoms with Crippen LogP contribution < -0.4 is 4.89 Å². The van der Waals surface area contributed by atoms with E-state index in [-0.39, 0.29) is 0 Å². The highest BCUT2D eigenvalue weighted by molar-refractivity contribution is 5.81. The van der Waals surface area contributed by atoms with Gasteiger partial charge in [-0.1, -0.05) is 91.0 Å². The molecule has 3 aromatic carbocycles.